The van der Waals surface area contributed by atoms with Crippen molar-refractivity contribution in [2.75, 3.05) is 12.3 Å². The molecule has 6 heteroatoms. The van der Waals surface area contributed by atoms with Gasteiger partial charge in [-0.3, -0.25) is 4.98 Å². The van der Waals surface area contributed by atoms with Gasteiger partial charge < -0.3 is 10.5 Å². The molecule has 2 aromatic rings. The lowest BCUT2D eigenvalue weighted by Gasteiger charge is -2.06. The van der Waals surface area contributed by atoms with Gasteiger partial charge in [0, 0.05) is 6.42 Å². The molecule has 3 N–H and O–H groups in total. The van der Waals surface area contributed by atoms with Gasteiger partial charge in [0.2, 0.25) is 5.95 Å². The van der Waals surface area contributed by atoms with E-state index in [-0.39, 0.29) is 5.95 Å². The number of nitrogen functional groups attached to an aromatic ring is 1. The van der Waals surface area contributed by atoms with Crippen LogP contribution in [0.5, 0.6) is 5.75 Å². The molecule has 0 radical (unpaired) electrons. The Morgan fingerprint density at radius 1 is 1.39 bits per heavy atom. The van der Waals surface area contributed by atoms with Crippen LogP contribution in [0.3, 0.4) is 0 Å². The van der Waals surface area contributed by atoms with Crippen molar-refractivity contribution in [1.82, 2.24) is 15.0 Å². The van der Waals surface area contributed by atoms with Crippen LogP contribution in [0.4, 0.5) is 5.95 Å². The lowest BCUT2D eigenvalue weighted by molar-refractivity contribution is 0.318. The molecule has 1 aromatic heterocycles. The monoisotopic (exact) mass is 246 g/mol. The van der Waals surface area contributed by atoms with E-state index in [1.807, 2.05) is 31.2 Å². The third-order valence-electron chi connectivity index (χ3n) is 2.31. The van der Waals surface area contributed by atoms with E-state index in [0.29, 0.717) is 18.9 Å². The molecule has 0 aliphatic rings. The standard InChI is InChI=1S/C12H14N4O2/c1-8-3-2-4-9(7-8)18-6-5-10-14-11(13)16-12(17)15-10/h2-4,7H,5-6H2,1H3,(H3,13,14,15,16,17). The number of aromatic amines is 1. The Morgan fingerprint density at radius 2 is 2.22 bits per heavy atom. The molecule has 0 unspecified atom stereocenters. The van der Waals surface area contributed by atoms with E-state index >= 15 is 0 Å². The number of rotatable bonds is 4. The molecule has 1 aromatic carbocycles. The van der Waals surface area contributed by atoms with Crippen molar-refractivity contribution in [2.45, 2.75) is 13.3 Å². The highest BCUT2D eigenvalue weighted by molar-refractivity contribution is 5.27. The highest BCUT2D eigenvalue weighted by Crippen LogP contribution is 2.12. The largest absolute Gasteiger partial charge is 0.493 e. The van der Waals surface area contributed by atoms with E-state index in [1.165, 1.54) is 0 Å². The molecule has 0 aliphatic heterocycles. The van der Waals surface area contributed by atoms with Crippen molar-refractivity contribution in [3.63, 3.8) is 0 Å². The molecule has 18 heavy (non-hydrogen) atoms. The van der Waals surface area contributed by atoms with Gasteiger partial charge in [-0.15, -0.1) is 0 Å². The summed E-state index contributed by atoms with van der Waals surface area (Å²) >= 11 is 0. The summed E-state index contributed by atoms with van der Waals surface area (Å²) in [5, 5.41) is 0. The van der Waals surface area contributed by atoms with Crippen LogP contribution in [0.2, 0.25) is 0 Å². The van der Waals surface area contributed by atoms with Crippen LogP contribution in [0, 0.1) is 6.92 Å². The second kappa shape index (κ2) is 5.31. The quantitative estimate of drug-likeness (QED) is 0.827. The average molecular weight is 246 g/mol. The predicted octanol–water partition coefficient (Wildman–Crippen LogP) is 0.677. The first-order valence-corrected chi connectivity index (χ1v) is 5.55. The van der Waals surface area contributed by atoms with Gasteiger partial charge in [0.15, 0.2) is 0 Å². The first kappa shape index (κ1) is 12.1. The SMILES string of the molecule is Cc1cccc(OCCc2nc(N)nc(=O)[nH]2)c1. The molecule has 0 fully saturated rings. The van der Waals surface area contributed by atoms with Crippen LogP contribution in [0.15, 0.2) is 29.1 Å². The fourth-order valence-corrected chi connectivity index (χ4v) is 1.54. The number of aryl methyl sites for hydroxylation is 1. The van der Waals surface area contributed by atoms with Gasteiger partial charge in [-0.05, 0) is 24.6 Å². The van der Waals surface area contributed by atoms with Gasteiger partial charge in [0.05, 0.1) is 6.61 Å². The molecule has 0 aliphatic carbocycles. The fourth-order valence-electron chi connectivity index (χ4n) is 1.54. The highest BCUT2D eigenvalue weighted by Gasteiger charge is 2.01. The Kier molecular flexibility index (Phi) is 3.57. The van der Waals surface area contributed by atoms with Gasteiger partial charge in [-0.2, -0.15) is 9.97 Å². The molecule has 6 nitrogen and oxygen atoms in total. The topological polar surface area (TPSA) is 93.9 Å². The number of benzene rings is 1. The van der Waals surface area contributed by atoms with E-state index in [0.717, 1.165) is 11.3 Å². The Balaban J connectivity index is 1.94. The third-order valence-corrected chi connectivity index (χ3v) is 2.31. The number of H-pyrrole nitrogens is 1. The van der Waals surface area contributed by atoms with Crippen molar-refractivity contribution in [2.24, 2.45) is 0 Å². The fraction of sp³-hybridized carbons (Fsp3) is 0.250. The maximum Gasteiger partial charge on any atom is 0.349 e. The molecule has 2 rings (SSSR count). The van der Waals surface area contributed by atoms with Crippen molar-refractivity contribution in [3.05, 3.63) is 46.1 Å². The number of nitrogens with two attached hydrogens (primary N) is 1. The van der Waals surface area contributed by atoms with E-state index < -0.39 is 5.69 Å². The number of nitrogens with one attached hydrogen (secondary N) is 1. The normalized spacial score (nSPS) is 10.3. The number of hydrogen-bond donors (Lipinski definition) is 2. The molecular weight excluding hydrogens is 232 g/mol. The lowest BCUT2D eigenvalue weighted by atomic mass is 10.2. The molecule has 0 saturated heterocycles. The molecule has 0 saturated carbocycles. The van der Waals surface area contributed by atoms with E-state index in [2.05, 4.69) is 15.0 Å². The summed E-state index contributed by atoms with van der Waals surface area (Å²) in [6, 6.07) is 7.74. The zero-order chi connectivity index (χ0) is 13.0. The number of hydrogen-bond acceptors (Lipinski definition) is 5. The van der Waals surface area contributed by atoms with Crippen LogP contribution < -0.4 is 16.2 Å². The molecule has 0 amide bonds. The number of anilines is 1. The van der Waals surface area contributed by atoms with Crippen LogP contribution in [-0.2, 0) is 6.42 Å². The Labute approximate surface area is 104 Å². The van der Waals surface area contributed by atoms with Gasteiger partial charge >= 0.3 is 5.69 Å². The molecule has 0 bridgehead atoms. The minimum absolute atomic E-state index is 0.0238. The van der Waals surface area contributed by atoms with Crippen LogP contribution >= 0.6 is 0 Å². The Morgan fingerprint density at radius 3 is 2.94 bits per heavy atom. The summed E-state index contributed by atoms with van der Waals surface area (Å²) in [5.74, 6) is 1.24. The summed E-state index contributed by atoms with van der Waals surface area (Å²) < 4.78 is 5.55. The van der Waals surface area contributed by atoms with Gasteiger partial charge in [-0.1, -0.05) is 12.1 Å². The zero-order valence-electron chi connectivity index (χ0n) is 10.0. The third kappa shape index (κ3) is 3.31. The zero-order valence-corrected chi connectivity index (χ0v) is 10.0. The number of aromatic nitrogens is 3. The predicted molar refractivity (Wildman–Crippen MR) is 67.4 cm³/mol. The molecule has 1 heterocycles. The van der Waals surface area contributed by atoms with Gasteiger partial charge in [0.25, 0.3) is 0 Å². The number of nitrogens with zero attached hydrogens (tertiary/aromatic N) is 2. The summed E-state index contributed by atoms with van der Waals surface area (Å²) in [7, 11) is 0. The van der Waals surface area contributed by atoms with Crippen molar-refractivity contribution >= 4 is 5.95 Å². The average Bonchev–Trinajstić information content (AvgIpc) is 2.27. The first-order chi connectivity index (χ1) is 8.63. The van der Waals surface area contributed by atoms with E-state index in [4.69, 9.17) is 10.5 Å². The molecule has 0 spiro atoms. The summed E-state index contributed by atoms with van der Waals surface area (Å²) in [6.45, 7) is 2.41. The van der Waals surface area contributed by atoms with Crippen LogP contribution in [0.1, 0.15) is 11.4 Å². The molecule has 94 valence electrons. The van der Waals surface area contributed by atoms with Crippen LogP contribution in [-0.4, -0.2) is 21.6 Å². The van der Waals surface area contributed by atoms with Crippen molar-refractivity contribution in [3.8, 4) is 5.75 Å². The first-order valence-electron chi connectivity index (χ1n) is 5.55. The van der Waals surface area contributed by atoms with Gasteiger partial charge in [0.1, 0.15) is 11.6 Å². The molecule has 0 atom stereocenters. The maximum atomic E-state index is 11.1. The van der Waals surface area contributed by atoms with Crippen molar-refractivity contribution in [1.29, 1.82) is 0 Å². The Bertz CT molecular complexity index is 595. The summed E-state index contributed by atoms with van der Waals surface area (Å²) in [5.41, 5.74) is 6.02. The van der Waals surface area contributed by atoms with Crippen LogP contribution in [0.25, 0.3) is 0 Å². The smallest absolute Gasteiger partial charge is 0.349 e. The summed E-state index contributed by atoms with van der Waals surface area (Å²) in [4.78, 5) is 20.9. The van der Waals surface area contributed by atoms with Gasteiger partial charge in [-0.25, -0.2) is 4.79 Å². The summed E-state index contributed by atoms with van der Waals surface area (Å²) in [6.07, 6.45) is 0.468. The van der Waals surface area contributed by atoms with E-state index in [9.17, 15) is 4.79 Å². The minimum Gasteiger partial charge on any atom is -0.493 e. The lowest BCUT2D eigenvalue weighted by Crippen LogP contribution is -2.18. The maximum absolute atomic E-state index is 11.1. The van der Waals surface area contributed by atoms with E-state index in [1.54, 1.807) is 0 Å². The van der Waals surface area contributed by atoms with Crippen molar-refractivity contribution < 1.29 is 4.74 Å². The minimum atomic E-state index is -0.493. The Hall–Kier alpha value is -2.37. The number of ether oxygens (including phenoxy) is 1. The second-order valence-corrected chi connectivity index (χ2v) is 3.87. The highest BCUT2D eigenvalue weighted by atomic mass is 16.5. The second-order valence-electron chi connectivity index (χ2n) is 3.87. The molecular formula is C12H14N4O2.